The molecule has 0 unspecified atom stereocenters. The quantitative estimate of drug-likeness (QED) is 0.667. The van der Waals surface area contributed by atoms with Crippen molar-refractivity contribution in [1.82, 2.24) is 0 Å². The molecule has 0 atom stereocenters. The molecule has 1 N–H and O–H groups in total. The number of carbonyl (C=O) groups excluding carboxylic acids is 1. The average molecular weight is 218 g/mol. The number of Topliss-reactive ketones (excluding diaryl/α,β-unsaturated/α-hetero) is 1. The molecule has 0 radical (unpaired) electrons. The molecule has 3 heteroatoms. The summed E-state index contributed by atoms with van der Waals surface area (Å²) >= 11 is 1.71. The van der Waals surface area contributed by atoms with E-state index in [-0.39, 0.29) is 12.0 Å². The van der Waals surface area contributed by atoms with E-state index in [2.05, 4.69) is 0 Å². The first-order valence-electron chi connectivity index (χ1n) is 5.20. The van der Waals surface area contributed by atoms with Crippen LogP contribution in [0.2, 0.25) is 0 Å². The van der Waals surface area contributed by atoms with E-state index >= 15 is 0 Å². The zero-order valence-corrected chi connectivity index (χ0v) is 10.3. The number of hydrogen-bond acceptors (Lipinski definition) is 3. The third-order valence-corrected chi connectivity index (χ3v) is 3.06. The van der Waals surface area contributed by atoms with Gasteiger partial charge in [-0.1, -0.05) is 27.2 Å². The van der Waals surface area contributed by atoms with Gasteiger partial charge in [0, 0.05) is 12.0 Å². The molecule has 0 aromatic heterocycles. The minimum atomic E-state index is -0.196. The van der Waals surface area contributed by atoms with Gasteiger partial charge in [0.1, 0.15) is 5.78 Å². The van der Waals surface area contributed by atoms with Crippen LogP contribution in [0.1, 0.15) is 40.0 Å². The minimum absolute atomic E-state index is 0.196. The molecule has 0 aliphatic carbocycles. The number of unbranched alkanes of at least 4 members (excludes halogenated alkanes) is 2. The molecule has 84 valence electrons. The standard InChI is InChI=1S/C11H22O2S/c1-11(2,3)10(13)9-14-8-6-4-5-7-12/h12H,4-9H2,1-3H3. The van der Waals surface area contributed by atoms with Crippen LogP contribution in [0.25, 0.3) is 0 Å². The normalized spacial score (nSPS) is 11.7. The Morgan fingerprint density at radius 2 is 1.86 bits per heavy atom. The Labute approximate surface area is 91.5 Å². The van der Waals surface area contributed by atoms with E-state index in [0.29, 0.717) is 11.5 Å². The molecule has 0 aromatic carbocycles. The molecule has 0 saturated carbocycles. The SMILES string of the molecule is CC(C)(C)C(=O)CSCCCCCO. The van der Waals surface area contributed by atoms with Gasteiger partial charge in [0.2, 0.25) is 0 Å². The van der Waals surface area contributed by atoms with Gasteiger partial charge >= 0.3 is 0 Å². The van der Waals surface area contributed by atoms with E-state index in [0.717, 1.165) is 25.0 Å². The Balaban J connectivity index is 3.33. The summed E-state index contributed by atoms with van der Waals surface area (Å²) in [5, 5.41) is 8.56. The number of hydrogen-bond donors (Lipinski definition) is 1. The Kier molecular flexibility index (Phi) is 7.28. The summed E-state index contributed by atoms with van der Waals surface area (Å²) in [5.74, 6) is 1.98. The fourth-order valence-corrected chi connectivity index (χ4v) is 2.05. The highest BCUT2D eigenvalue weighted by molar-refractivity contribution is 7.99. The summed E-state index contributed by atoms with van der Waals surface area (Å²) in [6.07, 6.45) is 3.05. The highest BCUT2D eigenvalue weighted by atomic mass is 32.2. The number of rotatable bonds is 7. The number of carbonyl (C=O) groups is 1. The second-order valence-electron chi connectivity index (χ2n) is 4.51. The lowest BCUT2D eigenvalue weighted by molar-refractivity contribution is -0.123. The van der Waals surface area contributed by atoms with Crippen LogP contribution < -0.4 is 0 Å². The van der Waals surface area contributed by atoms with Crippen LogP contribution in [0.4, 0.5) is 0 Å². The lowest BCUT2D eigenvalue weighted by atomic mass is 9.92. The van der Waals surface area contributed by atoms with Crippen LogP contribution in [-0.4, -0.2) is 29.0 Å². The molecule has 0 spiro atoms. The summed E-state index contributed by atoms with van der Waals surface area (Å²) in [7, 11) is 0. The molecular formula is C11H22O2S. The van der Waals surface area contributed by atoms with E-state index < -0.39 is 0 Å². The molecule has 0 bridgehead atoms. The van der Waals surface area contributed by atoms with Gasteiger partial charge in [-0.15, -0.1) is 0 Å². The van der Waals surface area contributed by atoms with Crippen molar-refractivity contribution in [3.63, 3.8) is 0 Å². The van der Waals surface area contributed by atoms with Gasteiger partial charge in [-0.05, 0) is 18.6 Å². The molecule has 0 rings (SSSR count). The van der Waals surface area contributed by atoms with Crippen molar-refractivity contribution in [2.45, 2.75) is 40.0 Å². The molecule has 0 heterocycles. The largest absolute Gasteiger partial charge is 0.396 e. The Morgan fingerprint density at radius 1 is 1.21 bits per heavy atom. The predicted octanol–water partition coefficient (Wildman–Crippen LogP) is 2.50. The van der Waals surface area contributed by atoms with E-state index in [9.17, 15) is 4.79 Å². The summed E-state index contributed by atoms with van der Waals surface area (Å²) in [5.41, 5.74) is -0.196. The fourth-order valence-electron chi connectivity index (χ4n) is 0.874. The van der Waals surface area contributed by atoms with E-state index in [1.54, 1.807) is 11.8 Å². The first kappa shape index (κ1) is 14.0. The molecule has 0 aliphatic heterocycles. The maximum absolute atomic E-state index is 11.5. The second-order valence-corrected chi connectivity index (χ2v) is 5.62. The van der Waals surface area contributed by atoms with Crippen LogP contribution in [0.15, 0.2) is 0 Å². The highest BCUT2D eigenvalue weighted by Crippen LogP contribution is 2.18. The van der Waals surface area contributed by atoms with Crippen LogP contribution >= 0.6 is 11.8 Å². The number of aliphatic hydroxyl groups excluding tert-OH is 1. The van der Waals surface area contributed by atoms with Crippen molar-refractivity contribution in [3.8, 4) is 0 Å². The van der Waals surface area contributed by atoms with Crippen molar-refractivity contribution < 1.29 is 9.90 Å². The minimum Gasteiger partial charge on any atom is -0.396 e. The van der Waals surface area contributed by atoms with Crippen LogP contribution in [0.3, 0.4) is 0 Å². The van der Waals surface area contributed by atoms with Gasteiger partial charge in [-0.2, -0.15) is 11.8 Å². The molecule has 0 aromatic rings. The van der Waals surface area contributed by atoms with Crippen LogP contribution in [0.5, 0.6) is 0 Å². The van der Waals surface area contributed by atoms with Crippen LogP contribution in [0, 0.1) is 5.41 Å². The van der Waals surface area contributed by atoms with Gasteiger partial charge in [-0.25, -0.2) is 0 Å². The van der Waals surface area contributed by atoms with E-state index in [1.165, 1.54) is 0 Å². The lowest BCUT2D eigenvalue weighted by Gasteiger charge is -2.15. The Bertz CT molecular complexity index is 161. The topological polar surface area (TPSA) is 37.3 Å². The molecule has 2 nitrogen and oxygen atoms in total. The monoisotopic (exact) mass is 218 g/mol. The summed E-state index contributed by atoms with van der Waals surface area (Å²) in [6, 6.07) is 0. The van der Waals surface area contributed by atoms with Crippen molar-refractivity contribution in [1.29, 1.82) is 0 Å². The first-order chi connectivity index (χ1) is 6.48. The lowest BCUT2D eigenvalue weighted by Crippen LogP contribution is -2.22. The highest BCUT2D eigenvalue weighted by Gasteiger charge is 2.20. The molecule has 0 fully saturated rings. The number of ketones is 1. The zero-order valence-electron chi connectivity index (χ0n) is 9.51. The van der Waals surface area contributed by atoms with E-state index in [4.69, 9.17) is 5.11 Å². The van der Waals surface area contributed by atoms with Gasteiger partial charge in [-0.3, -0.25) is 4.79 Å². The Hall–Kier alpha value is -0.0200. The third kappa shape index (κ3) is 7.39. The van der Waals surface area contributed by atoms with Crippen LogP contribution in [-0.2, 0) is 4.79 Å². The number of aliphatic hydroxyl groups is 1. The van der Waals surface area contributed by atoms with Gasteiger partial charge in [0.05, 0.1) is 5.75 Å². The van der Waals surface area contributed by atoms with Crippen molar-refractivity contribution >= 4 is 17.5 Å². The van der Waals surface area contributed by atoms with Crippen molar-refractivity contribution in [3.05, 3.63) is 0 Å². The average Bonchev–Trinajstić information content (AvgIpc) is 2.09. The molecule has 0 aliphatic rings. The number of thioether (sulfide) groups is 1. The van der Waals surface area contributed by atoms with Crippen molar-refractivity contribution in [2.75, 3.05) is 18.1 Å². The fraction of sp³-hybridized carbons (Fsp3) is 0.909. The van der Waals surface area contributed by atoms with Gasteiger partial charge in [0.25, 0.3) is 0 Å². The smallest absolute Gasteiger partial charge is 0.148 e. The summed E-state index contributed by atoms with van der Waals surface area (Å²) < 4.78 is 0. The summed E-state index contributed by atoms with van der Waals surface area (Å²) in [4.78, 5) is 11.5. The maximum Gasteiger partial charge on any atom is 0.148 e. The molecular weight excluding hydrogens is 196 g/mol. The molecule has 0 amide bonds. The van der Waals surface area contributed by atoms with Gasteiger partial charge in [0.15, 0.2) is 0 Å². The second kappa shape index (κ2) is 7.30. The molecule has 14 heavy (non-hydrogen) atoms. The summed E-state index contributed by atoms with van der Waals surface area (Å²) in [6.45, 7) is 6.16. The third-order valence-electron chi connectivity index (χ3n) is 2.02. The first-order valence-corrected chi connectivity index (χ1v) is 6.36. The van der Waals surface area contributed by atoms with Crippen molar-refractivity contribution in [2.24, 2.45) is 5.41 Å². The maximum atomic E-state index is 11.5. The van der Waals surface area contributed by atoms with Gasteiger partial charge < -0.3 is 5.11 Å². The zero-order chi connectivity index (χ0) is 11.0. The van der Waals surface area contributed by atoms with E-state index in [1.807, 2.05) is 20.8 Å². The molecule has 0 saturated heterocycles. The Morgan fingerprint density at radius 3 is 2.36 bits per heavy atom. The predicted molar refractivity (Wildman–Crippen MR) is 62.7 cm³/mol.